The van der Waals surface area contributed by atoms with Gasteiger partial charge in [0.05, 0.1) is 14.2 Å². The summed E-state index contributed by atoms with van der Waals surface area (Å²) in [5, 5.41) is 12.4. The first kappa shape index (κ1) is 15.1. The predicted molar refractivity (Wildman–Crippen MR) is 74.0 cm³/mol. The van der Waals surface area contributed by atoms with Crippen LogP contribution in [0.3, 0.4) is 0 Å². The molecule has 0 saturated carbocycles. The van der Waals surface area contributed by atoms with Crippen LogP contribution < -0.4 is 14.8 Å². The van der Waals surface area contributed by atoms with Crippen molar-refractivity contribution in [2.45, 2.75) is 26.3 Å². The van der Waals surface area contributed by atoms with E-state index >= 15 is 0 Å². The predicted octanol–water partition coefficient (Wildman–Crippen LogP) is 2.62. The topological polar surface area (TPSA) is 67.8 Å². The van der Waals surface area contributed by atoms with Crippen LogP contribution in [0.25, 0.3) is 0 Å². The molecule has 0 aliphatic heterocycles. The van der Waals surface area contributed by atoms with Crippen LogP contribution in [0.5, 0.6) is 11.5 Å². The second-order valence-corrected chi connectivity index (χ2v) is 4.86. The normalized spacial score (nSPS) is 13.8. The molecule has 1 aromatic carbocycles. The van der Waals surface area contributed by atoms with Crippen LogP contribution in [-0.2, 0) is 4.79 Å². The number of hydrogen-bond acceptors (Lipinski definition) is 4. The standard InChI is InChI=1S/C14H21NO4/c1-9(2)14(3,13(16)17)15-10-6-7-11(18-4)12(8-10)19-5/h6-9,15H,1-5H3,(H,16,17)/t14-/m0/s1. The highest BCUT2D eigenvalue weighted by molar-refractivity contribution is 5.82. The van der Waals surface area contributed by atoms with Crippen LogP contribution in [0.15, 0.2) is 18.2 Å². The van der Waals surface area contributed by atoms with E-state index in [9.17, 15) is 9.90 Å². The molecule has 0 aliphatic rings. The molecule has 5 nitrogen and oxygen atoms in total. The summed E-state index contributed by atoms with van der Waals surface area (Å²) in [6.45, 7) is 5.39. The molecule has 0 unspecified atom stereocenters. The van der Waals surface area contributed by atoms with Gasteiger partial charge >= 0.3 is 5.97 Å². The van der Waals surface area contributed by atoms with Gasteiger partial charge in [-0.3, -0.25) is 0 Å². The molecular formula is C14H21NO4. The molecule has 1 rings (SSSR count). The number of aliphatic carboxylic acids is 1. The zero-order valence-corrected chi connectivity index (χ0v) is 12.0. The van der Waals surface area contributed by atoms with Crippen LogP contribution >= 0.6 is 0 Å². The smallest absolute Gasteiger partial charge is 0.329 e. The van der Waals surface area contributed by atoms with Gasteiger partial charge in [-0.2, -0.15) is 0 Å². The van der Waals surface area contributed by atoms with E-state index in [1.165, 1.54) is 0 Å². The van der Waals surface area contributed by atoms with E-state index in [2.05, 4.69) is 5.32 Å². The molecule has 1 atom stereocenters. The lowest BCUT2D eigenvalue weighted by Crippen LogP contribution is -2.48. The van der Waals surface area contributed by atoms with Crippen molar-refractivity contribution >= 4 is 11.7 Å². The number of rotatable bonds is 6. The molecule has 0 amide bonds. The molecule has 0 fully saturated rings. The average Bonchev–Trinajstić information content (AvgIpc) is 2.37. The maximum atomic E-state index is 11.4. The lowest BCUT2D eigenvalue weighted by Gasteiger charge is -2.31. The summed E-state index contributed by atoms with van der Waals surface area (Å²) in [5.74, 6) is 0.203. The average molecular weight is 267 g/mol. The molecule has 1 aromatic rings. The fourth-order valence-corrected chi connectivity index (χ4v) is 1.66. The summed E-state index contributed by atoms with van der Waals surface area (Å²) < 4.78 is 10.3. The van der Waals surface area contributed by atoms with Crippen LogP contribution in [-0.4, -0.2) is 30.8 Å². The maximum Gasteiger partial charge on any atom is 0.329 e. The molecule has 0 radical (unpaired) electrons. The molecule has 0 aliphatic carbocycles. The minimum absolute atomic E-state index is 0.0712. The Morgan fingerprint density at radius 1 is 1.26 bits per heavy atom. The van der Waals surface area contributed by atoms with E-state index < -0.39 is 11.5 Å². The number of benzene rings is 1. The zero-order chi connectivity index (χ0) is 14.6. The van der Waals surface area contributed by atoms with E-state index in [0.29, 0.717) is 17.2 Å². The second-order valence-electron chi connectivity index (χ2n) is 4.86. The van der Waals surface area contributed by atoms with Crippen molar-refractivity contribution in [3.63, 3.8) is 0 Å². The first-order valence-corrected chi connectivity index (χ1v) is 6.08. The third-order valence-electron chi connectivity index (χ3n) is 3.39. The van der Waals surface area contributed by atoms with Crippen molar-refractivity contribution in [3.05, 3.63) is 18.2 Å². The Morgan fingerprint density at radius 3 is 2.26 bits per heavy atom. The highest BCUT2D eigenvalue weighted by atomic mass is 16.5. The molecule has 0 aromatic heterocycles. The summed E-state index contributed by atoms with van der Waals surface area (Å²) in [7, 11) is 3.10. The van der Waals surface area contributed by atoms with Gasteiger partial charge in [-0.1, -0.05) is 13.8 Å². The van der Waals surface area contributed by atoms with Gasteiger partial charge in [0.25, 0.3) is 0 Å². The Hall–Kier alpha value is -1.91. The number of methoxy groups -OCH3 is 2. The van der Waals surface area contributed by atoms with Gasteiger partial charge in [0.2, 0.25) is 0 Å². The molecule has 0 bridgehead atoms. The molecule has 2 N–H and O–H groups in total. The number of nitrogens with one attached hydrogen (secondary N) is 1. The van der Waals surface area contributed by atoms with E-state index in [-0.39, 0.29) is 5.92 Å². The second kappa shape index (κ2) is 5.82. The molecule has 5 heteroatoms. The van der Waals surface area contributed by atoms with Gasteiger partial charge in [0.1, 0.15) is 5.54 Å². The number of anilines is 1. The fourth-order valence-electron chi connectivity index (χ4n) is 1.66. The SMILES string of the molecule is COc1ccc(N[C@](C)(C(=O)O)C(C)C)cc1OC. The number of carboxylic acid groups (broad SMARTS) is 1. The molecule has 0 heterocycles. The van der Waals surface area contributed by atoms with Gasteiger partial charge < -0.3 is 19.9 Å². The van der Waals surface area contributed by atoms with Crippen LogP contribution in [0.4, 0.5) is 5.69 Å². The first-order valence-electron chi connectivity index (χ1n) is 6.08. The summed E-state index contributed by atoms with van der Waals surface area (Å²) in [4.78, 5) is 11.4. The summed E-state index contributed by atoms with van der Waals surface area (Å²) >= 11 is 0. The van der Waals surface area contributed by atoms with Gasteiger partial charge in [0, 0.05) is 11.8 Å². The summed E-state index contributed by atoms with van der Waals surface area (Å²) in [5.41, 5.74) is -0.365. The lowest BCUT2D eigenvalue weighted by molar-refractivity contribution is -0.143. The van der Waals surface area contributed by atoms with Crippen LogP contribution in [0.1, 0.15) is 20.8 Å². The van der Waals surface area contributed by atoms with Gasteiger partial charge in [-0.05, 0) is 25.0 Å². The van der Waals surface area contributed by atoms with Gasteiger partial charge in [-0.25, -0.2) is 4.79 Å². The van der Waals surface area contributed by atoms with Crippen molar-refractivity contribution in [2.24, 2.45) is 5.92 Å². The van der Waals surface area contributed by atoms with E-state index in [1.54, 1.807) is 39.3 Å². The Labute approximate surface area is 113 Å². The van der Waals surface area contributed by atoms with Crippen molar-refractivity contribution in [1.29, 1.82) is 0 Å². The van der Waals surface area contributed by atoms with E-state index in [1.807, 2.05) is 13.8 Å². The first-order chi connectivity index (χ1) is 8.85. The number of carboxylic acids is 1. The highest BCUT2D eigenvalue weighted by Gasteiger charge is 2.36. The van der Waals surface area contributed by atoms with E-state index in [4.69, 9.17) is 9.47 Å². The monoisotopic (exact) mass is 267 g/mol. The van der Waals surface area contributed by atoms with Crippen molar-refractivity contribution in [1.82, 2.24) is 0 Å². The Kier molecular flexibility index (Phi) is 4.64. The summed E-state index contributed by atoms with van der Waals surface area (Å²) in [6, 6.07) is 5.23. The number of ether oxygens (including phenoxy) is 2. The quantitative estimate of drug-likeness (QED) is 0.829. The van der Waals surface area contributed by atoms with Crippen molar-refractivity contribution in [3.8, 4) is 11.5 Å². The minimum atomic E-state index is -1.04. The molecular weight excluding hydrogens is 246 g/mol. The number of carbonyl (C=O) groups is 1. The van der Waals surface area contributed by atoms with E-state index in [0.717, 1.165) is 0 Å². The Morgan fingerprint density at radius 2 is 1.84 bits per heavy atom. The highest BCUT2D eigenvalue weighted by Crippen LogP contribution is 2.32. The molecule has 0 spiro atoms. The third kappa shape index (κ3) is 3.10. The summed E-state index contributed by atoms with van der Waals surface area (Å²) in [6.07, 6.45) is 0. The Balaban J connectivity index is 3.08. The zero-order valence-electron chi connectivity index (χ0n) is 12.0. The van der Waals surface area contributed by atoms with Crippen LogP contribution in [0.2, 0.25) is 0 Å². The largest absolute Gasteiger partial charge is 0.493 e. The molecule has 0 saturated heterocycles. The Bertz CT molecular complexity index is 459. The van der Waals surface area contributed by atoms with Crippen LogP contribution in [0, 0.1) is 5.92 Å². The molecule has 19 heavy (non-hydrogen) atoms. The maximum absolute atomic E-state index is 11.4. The van der Waals surface area contributed by atoms with Crippen molar-refractivity contribution < 1.29 is 19.4 Å². The number of hydrogen-bond donors (Lipinski definition) is 2. The van der Waals surface area contributed by atoms with Gasteiger partial charge in [0.15, 0.2) is 11.5 Å². The van der Waals surface area contributed by atoms with Crippen molar-refractivity contribution in [2.75, 3.05) is 19.5 Å². The fraction of sp³-hybridized carbons (Fsp3) is 0.500. The minimum Gasteiger partial charge on any atom is -0.493 e. The van der Waals surface area contributed by atoms with Gasteiger partial charge in [-0.15, -0.1) is 0 Å². The lowest BCUT2D eigenvalue weighted by atomic mass is 9.88. The third-order valence-corrected chi connectivity index (χ3v) is 3.39. The molecule has 106 valence electrons.